The lowest BCUT2D eigenvalue weighted by Crippen LogP contribution is -2.47. The van der Waals surface area contributed by atoms with Crippen molar-refractivity contribution >= 4 is 22.9 Å². The summed E-state index contributed by atoms with van der Waals surface area (Å²) in [5.41, 5.74) is -0.994. The van der Waals surface area contributed by atoms with Crippen LogP contribution in [0.15, 0.2) is 18.2 Å². The van der Waals surface area contributed by atoms with E-state index in [1.807, 2.05) is 0 Å². The van der Waals surface area contributed by atoms with Gasteiger partial charge in [0.15, 0.2) is 17.6 Å². The summed E-state index contributed by atoms with van der Waals surface area (Å²) >= 11 is 0. The maximum atomic E-state index is 14.6. The Labute approximate surface area is 171 Å². The minimum atomic E-state index is -1.74. The first-order valence-electron chi connectivity index (χ1n) is 9.25. The summed E-state index contributed by atoms with van der Waals surface area (Å²) in [6, 6.07) is 3.82. The van der Waals surface area contributed by atoms with E-state index in [-0.39, 0.29) is 24.8 Å². The molecule has 1 aromatic rings. The van der Waals surface area contributed by atoms with Crippen molar-refractivity contribution in [1.82, 2.24) is 0 Å². The third kappa shape index (κ3) is 5.19. The standard InChI is InChI=1S/C20H27F2NO5S/c1-18(2,29(23)26)11-20(5,13-7-6-8-14(21)15(13)22)10-9-12-16(24)27-19(3,4)28-17(12)25/h6-8,12H,9-11,23H2,1-5H3/t20-,29?/m0/s1. The van der Waals surface area contributed by atoms with E-state index in [0.29, 0.717) is 0 Å². The van der Waals surface area contributed by atoms with E-state index in [2.05, 4.69) is 0 Å². The topological polar surface area (TPSA) is 95.7 Å². The molecule has 1 aliphatic heterocycles. The number of halogens is 2. The normalized spacial score (nSPS) is 20.6. The van der Waals surface area contributed by atoms with Crippen molar-refractivity contribution in [3.63, 3.8) is 0 Å². The van der Waals surface area contributed by atoms with Gasteiger partial charge in [0.2, 0.25) is 0 Å². The number of esters is 2. The Hall–Kier alpha value is -1.87. The van der Waals surface area contributed by atoms with Crippen LogP contribution in [0.4, 0.5) is 8.78 Å². The molecule has 0 amide bonds. The summed E-state index contributed by atoms with van der Waals surface area (Å²) < 4.78 is 49.8. The molecule has 1 unspecified atom stereocenters. The number of rotatable bonds is 7. The van der Waals surface area contributed by atoms with Crippen LogP contribution in [0.1, 0.15) is 59.4 Å². The van der Waals surface area contributed by atoms with E-state index in [9.17, 15) is 22.6 Å². The Morgan fingerprint density at radius 1 is 1.14 bits per heavy atom. The van der Waals surface area contributed by atoms with E-state index in [0.717, 1.165) is 6.07 Å². The van der Waals surface area contributed by atoms with Crippen LogP contribution < -0.4 is 5.14 Å². The molecule has 0 bridgehead atoms. The maximum absolute atomic E-state index is 14.6. The Balaban J connectivity index is 2.36. The van der Waals surface area contributed by atoms with Crippen LogP contribution in [0.2, 0.25) is 0 Å². The van der Waals surface area contributed by atoms with Crippen LogP contribution in [0.5, 0.6) is 0 Å². The van der Waals surface area contributed by atoms with Crippen LogP contribution in [0, 0.1) is 17.6 Å². The molecule has 1 fully saturated rings. The molecule has 0 spiro atoms. The van der Waals surface area contributed by atoms with Crippen molar-refractivity contribution in [3.05, 3.63) is 35.4 Å². The van der Waals surface area contributed by atoms with E-state index >= 15 is 0 Å². The van der Waals surface area contributed by atoms with Crippen LogP contribution in [0.3, 0.4) is 0 Å². The fraction of sp³-hybridized carbons (Fsp3) is 0.600. The number of benzene rings is 1. The summed E-state index contributed by atoms with van der Waals surface area (Å²) in [5.74, 6) is -6.02. The van der Waals surface area contributed by atoms with Crippen molar-refractivity contribution in [2.24, 2.45) is 11.1 Å². The number of hydrogen-bond donors (Lipinski definition) is 1. The average Bonchev–Trinajstić information content (AvgIpc) is 2.54. The molecule has 2 atom stereocenters. The highest BCUT2D eigenvalue weighted by Gasteiger charge is 2.45. The third-order valence-corrected chi connectivity index (χ3v) is 6.44. The van der Waals surface area contributed by atoms with Gasteiger partial charge < -0.3 is 9.47 Å². The highest BCUT2D eigenvalue weighted by Crippen LogP contribution is 2.41. The van der Waals surface area contributed by atoms with Crippen molar-refractivity contribution < 1.29 is 32.1 Å². The molecule has 162 valence electrons. The molecule has 0 saturated carbocycles. The quantitative estimate of drug-likeness (QED) is 0.528. The smallest absolute Gasteiger partial charge is 0.323 e. The van der Waals surface area contributed by atoms with Gasteiger partial charge in [-0.2, -0.15) is 0 Å². The third-order valence-electron chi connectivity index (χ3n) is 5.21. The van der Waals surface area contributed by atoms with Gasteiger partial charge in [-0.3, -0.25) is 14.7 Å². The number of carbonyl (C=O) groups is 2. The molecule has 9 heteroatoms. The van der Waals surface area contributed by atoms with Crippen LogP contribution in [-0.4, -0.2) is 26.7 Å². The first-order chi connectivity index (χ1) is 13.2. The number of ether oxygens (including phenoxy) is 2. The van der Waals surface area contributed by atoms with Gasteiger partial charge in [-0.25, -0.2) is 13.0 Å². The van der Waals surface area contributed by atoms with Gasteiger partial charge in [-0.05, 0) is 50.2 Å². The molecular weight excluding hydrogens is 404 g/mol. The van der Waals surface area contributed by atoms with Crippen molar-refractivity contribution in [2.45, 2.75) is 69.8 Å². The zero-order chi connectivity index (χ0) is 22.2. The zero-order valence-corrected chi connectivity index (χ0v) is 18.0. The molecular formula is C20H27F2NO5S. The predicted octanol–water partition coefficient (Wildman–Crippen LogP) is 3.25. The molecule has 1 heterocycles. The average molecular weight is 432 g/mol. The largest absolute Gasteiger partial charge is 0.422 e. The maximum Gasteiger partial charge on any atom is 0.323 e. The molecule has 0 aliphatic carbocycles. The summed E-state index contributed by atoms with van der Waals surface area (Å²) in [4.78, 5) is 24.5. The molecule has 2 N–H and O–H groups in total. The van der Waals surface area contributed by atoms with Gasteiger partial charge in [-0.15, -0.1) is 0 Å². The number of cyclic esters (lactones) is 2. The van der Waals surface area contributed by atoms with Gasteiger partial charge in [0.05, 0.1) is 15.7 Å². The molecule has 2 rings (SSSR count). The Morgan fingerprint density at radius 3 is 2.21 bits per heavy atom. The van der Waals surface area contributed by atoms with E-state index in [1.165, 1.54) is 26.0 Å². The monoisotopic (exact) mass is 431 g/mol. The number of carbonyl (C=O) groups excluding carboxylic acids is 2. The van der Waals surface area contributed by atoms with Gasteiger partial charge in [0.1, 0.15) is 0 Å². The summed E-state index contributed by atoms with van der Waals surface area (Å²) in [6.45, 7) is 7.88. The van der Waals surface area contributed by atoms with E-state index < -0.39 is 56.4 Å². The molecule has 1 aliphatic rings. The summed E-state index contributed by atoms with van der Waals surface area (Å²) in [5, 5.41) is 5.59. The highest BCUT2D eigenvalue weighted by molar-refractivity contribution is 7.84. The number of hydrogen-bond acceptors (Lipinski definition) is 5. The SMILES string of the molecule is CC1(C)OC(=O)C(CC[C@@](C)(CC(C)(C)S(N)=O)c2cccc(F)c2F)C(=O)O1. The molecule has 1 aromatic carbocycles. The second kappa shape index (κ2) is 8.10. The van der Waals surface area contributed by atoms with Gasteiger partial charge >= 0.3 is 11.9 Å². The van der Waals surface area contributed by atoms with Crippen LogP contribution >= 0.6 is 0 Å². The molecule has 6 nitrogen and oxygen atoms in total. The van der Waals surface area contributed by atoms with Gasteiger partial charge in [0.25, 0.3) is 5.79 Å². The van der Waals surface area contributed by atoms with Gasteiger partial charge in [0, 0.05) is 13.8 Å². The Morgan fingerprint density at radius 2 is 1.69 bits per heavy atom. The zero-order valence-electron chi connectivity index (χ0n) is 17.2. The Bertz CT molecular complexity index is 822. The van der Waals surface area contributed by atoms with Crippen LogP contribution in [0.25, 0.3) is 0 Å². The lowest BCUT2D eigenvalue weighted by Gasteiger charge is -2.38. The van der Waals surface area contributed by atoms with Crippen LogP contribution in [-0.2, 0) is 35.5 Å². The summed E-state index contributed by atoms with van der Waals surface area (Å²) in [6.07, 6.45) is 0.239. The number of nitrogens with two attached hydrogens (primary N) is 1. The van der Waals surface area contributed by atoms with Crippen molar-refractivity contribution in [2.75, 3.05) is 0 Å². The van der Waals surface area contributed by atoms with Gasteiger partial charge in [-0.1, -0.05) is 19.1 Å². The van der Waals surface area contributed by atoms with E-state index in [1.54, 1.807) is 20.8 Å². The second-order valence-corrected chi connectivity index (χ2v) is 10.4. The molecule has 1 saturated heterocycles. The lowest BCUT2D eigenvalue weighted by atomic mass is 9.71. The summed E-state index contributed by atoms with van der Waals surface area (Å²) in [7, 11) is -1.74. The molecule has 0 radical (unpaired) electrons. The first kappa shape index (κ1) is 23.4. The molecule has 0 aromatic heterocycles. The first-order valence-corrected chi connectivity index (χ1v) is 10.5. The fourth-order valence-corrected chi connectivity index (χ4v) is 4.20. The molecule has 29 heavy (non-hydrogen) atoms. The van der Waals surface area contributed by atoms with E-state index in [4.69, 9.17) is 14.6 Å². The predicted molar refractivity (Wildman–Crippen MR) is 104 cm³/mol. The lowest BCUT2D eigenvalue weighted by molar-refractivity contribution is -0.240. The van der Waals surface area contributed by atoms with Crippen molar-refractivity contribution in [1.29, 1.82) is 0 Å². The Kier molecular flexibility index (Phi) is 6.54. The fourth-order valence-electron chi connectivity index (χ4n) is 3.74. The minimum absolute atomic E-state index is 0.00646. The van der Waals surface area contributed by atoms with Crippen molar-refractivity contribution in [3.8, 4) is 0 Å². The highest BCUT2D eigenvalue weighted by atomic mass is 32.2. The second-order valence-electron chi connectivity index (χ2n) is 8.73. The minimum Gasteiger partial charge on any atom is -0.422 e.